The van der Waals surface area contributed by atoms with Crippen molar-refractivity contribution in [2.75, 3.05) is 0 Å². The predicted octanol–water partition coefficient (Wildman–Crippen LogP) is 10.1. The summed E-state index contributed by atoms with van der Waals surface area (Å²) in [4.78, 5) is -0.845. The van der Waals surface area contributed by atoms with E-state index in [9.17, 15) is 55.7 Å². The Kier molecular flexibility index (Phi) is 15.5. The molecule has 0 aliphatic heterocycles. The fourth-order valence-electron chi connectivity index (χ4n) is 7.67. The Balaban J connectivity index is 0.000000170. The standard InChI is InChI=1S/C12H12O6S2.3C12H12O3S/c1-7-3-4-10-8(2)5-9(19(13,14)15)6-11(10)12(7)20(16,17)18;1-8-3-4-10-5-9(2)7-12(11(10)6-8)16(13,14)15;1-8-3-4-10-7-11(16(13,14)15)6-9(2)12(10)5-8;1-8-4-3-5-11-10(8)7-6-9(2)12(11)16(13,14)15/h3-6H,1-2H3,(H,13,14,15)(H,16,17,18);3*3-7H,1-2H3,(H,13,14,15). The lowest BCUT2D eigenvalue weighted by molar-refractivity contribution is 0.480. The van der Waals surface area contributed by atoms with Crippen LogP contribution in [0.5, 0.6) is 0 Å². The van der Waals surface area contributed by atoms with Crippen molar-refractivity contribution in [2.45, 2.75) is 79.9 Å². The molecule has 8 aromatic carbocycles. The van der Waals surface area contributed by atoms with E-state index >= 15 is 0 Å². The van der Waals surface area contributed by atoms with E-state index in [0.717, 1.165) is 55.4 Å². The molecule has 0 spiro atoms. The van der Waals surface area contributed by atoms with Gasteiger partial charge in [0, 0.05) is 16.2 Å². The molecule has 68 heavy (non-hydrogen) atoms. The van der Waals surface area contributed by atoms with Crippen LogP contribution < -0.4 is 0 Å². The molecule has 8 aromatic rings. The van der Waals surface area contributed by atoms with Gasteiger partial charge in [-0.2, -0.15) is 42.1 Å². The van der Waals surface area contributed by atoms with Crippen LogP contribution in [0.3, 0.4) is 0 Å². The van der Waals surface area contributed by atoms with Gasteiger partial charge in [-0.05, 0) is 146 Å². The molecule has 0 aliphatic carbocycles. The van der Waals surface area contributed by atoms with Crippen molar-refractivity contribution in [2.24, 2.45) is 0 Å². The molecular weight excluding hydrogens is 977 g/mol. The number of hydrogen-bond acceptors (Lipinski definition) is 10. The summed E-state index contributed by atoms with van der Waals surface area (Å²) in [6.45, 7) is 14.1. The highest BCUT2D eigenvalue weighted by molar-refractivity contribution is 7.87. The first kappa shape index (κ1) is 53.3. The maximum Gasteiger partial charge on any atom is 0.295 e. The summed E-state index contributed by atoms with van der Waals surface area (Å²) in [5.74, 6) is 0. The van der Waals surface area contributed by atoms with Gasteiger partial charge < -0.3 is 0 Å². The lowest BCUT2D eigenvalue weighted by Gasteiger charge is -2.11. The normalized spacial score (nSPS) is 12.2. The molecule has 0 saturated heterocycles. The van der Waals surface area contributed by atoms with Crippen LogP contribution in [0.2, 0.25) is 0 Å². The lowest BCUT2D eigenvalue weighted by atomic mass is 10.0. The van der Waals surface area contributed by atoms with Crippen LogP contribution >= 0.6 is 0 Å². The molecule has 0 saturated carbocycles. The zero-order chi connectivity index (χ0) is 51.1. The molecule has 0 atom stereocenters. The highest BCUT2D eigenvalue weighted by Gasteiger charge is 2.22. The Morgan fingerprint density at radius 1 is 0.294 bits per heavy atom. The van der Waals surface area contributed by atoms with Crippen LogP contribution in [-0.2, 0) is 50.6 Å². The summed E-state index contributed by atoms with van der Waals surface area (Å²) in [7, 11) is -21.5. The van der Waals surface area contributed by atoms with Gasteiger partial charge in [0.25, 0.3) is 50.6 Å². The van der Waals surface area contributed by atoms with Crippen molar-refractivity contribution in [3.63, 3.8) is 0 Å². The first-order valence-corrected chi connectivity index (χ1v) is 27.3. The zero-order valence-corrected chi connectivity index (χ0v) is 41.9. The Hall–Kier alpha value is -5.65. The minimum Gasteiger partial charge on any atom is -0.282 e. The van der Waals surface area contributed by atoms with E-state index in [1.54, 1.807) is 51.1 Å². The van der Waals surface area contributed by atoms with E-state index in [2.05, 4.69) is 0 Å². The van der Waals surface area contributed by atoms with Gasteiger partial charge in [0.2, 0.25) is 0 Å². The molecule has 8 rings (SSSR count). The van der Waals surface area contributed by atoms with Gasteiger partial charge in [-0.3, -0.25) is 22.8 Å². The molecule has 0 unspecified atom stereocenters. The second-order valence-electron chi connectivity index (χ2n) is 16.3. The van der Waals surface area contributed by atoms with Crippen molar-refractivity contribution in [1.82, 2.24) is 0 Å². The quantitative estimate of drug-likeness (QED) is 0.100. The van der Waals surface area contributed by atoms with Crippen molar-refractivity contribution < 1.29 is 64.9 Å². The van der Waals surface area contributed by atoms with Crippen molar-refractivity contribution in [1.29, 1.82) is 0 Å². The fraction of sp³-hybridized carbons (Fsp3) is 0.167. The third-order valence-electron chi connectivity index (χ3n) is 10.8. The Labute approximate surface area is 395 Å². The van der Waals surface area contributed by atoms with E-state index in [4.69, 9.17) is 9.11 Å². The Bertz CT molecular complexity index is 3900. The van der Waals surface area contributed by atoms with Crippen LogP contribution in [0.1, 0.15) is 44.5 Å². The Morgan fingerprint density at radius 3 is 1.22 bits per heavy atom. The summed E-state index contributed by atoms with van der Waals surface area (Å²) >= 11 is 0. The highest BCUT2D eigenvalue weighted by Crippen LogP contribution is 2.32. The SMILES string of the molecule is Cc1cc(S(=O)(=O)O)c2cc(C)ccc2c1.Cc1ccc2c(C)cc(S(=O)(=O)O)cc2c1S(=O)(=O)O.Cc1ccc2c(C)cccc2c1S(=O)(=O)O.Cc1ccc2cc(S(=O)(=O)O)cc(C)c2c1. The molecule has 20 heteroatoms. The van der Waals surface area contributed by atoms with Gasteiger partial charge in [0.15, 0.2) is 0 Å². The number of benzene rings is 8. The first-order chi connectivity index (χ1) is 31.2. The topological polar surface area (TPSA) is 272 Å². The van der Waals surface area contributed by atoms with Gasteiger partial charge >= 0.3 is 0 Å². The zero-order valence-electron chi connectivity index (χ0n) is 37.8. The van der Waals surface area contributed by atoms with Crippen LogP contribution in [0.25, 0.3) is 43.1 Å². The van der Waals surface area contributed by atoms with Crippen LogP contribution in [0.15, 0.2) is 140 Å². The highest BCUT2D eigenvalue weighted by atomic mass is 32.2. The van der Waals surface area contributed by atoms with E-state index in [1.165, 1.54) is 37.3 Å². The predicted molar refractivity (Wildman–Crippen MR) is 263 cm³/mol. The largest absolute Gasteiger partial charge is 0.295 e. The van der Waals surface area contributed by atoms with Crippen molar-refractivity contribution in [3.05, 3.63) is 160 Å². The van der Waals surface area contributed by atoms with Crippen LogP contribution in [0, 0.1) is 55.4 Å². The molecular formula is C48H48O15S5. The molecule has 0 fully saturated rings. The fourth-order valence-corrected chi connectivity index (χ4v) is 11.5. The average molecular weight is 1030 g/mol. The van der Waals surface area contributed by atoms with Crippen molar-refractivity contribution >= 4 is 93.7 Å². The van der Waals surface area contributed by atoms with E-state index in [-0.39, 0.29) is 30.5 Å². The number of fused-ring (bicyclic) bond motifs is 4. The van der Waals surface area contributed by atoms with Gasteiger partial charge in [-0.25, -0.2) is 0 Å². The third kappa shape index (κ3) is 12.5. The number of aryl methyl sites for hydroxylation is 8. The molecule has 0 heterocycles. The molecule has 360 valence electrons. The molecule has 0 aliphatic rings. The maximum absolute atomic E-state index is 11.5. The molecule has 0 amide bonds. The van der Waals surface area contributed by atoms with Gasteiger partial charge in [0.05, 0.1) is 9.79 Å². The monoisotopic (exact) mass is 1020 g/mol. The van der Waals surface area contributed by atoms with Crippen LogP contribution in [0.4, 0.5) is 0 Å². The molecule has 0 radical (unpaired) electrons. The third-order valence-corrected chi connectivity index (χ3v) is 15.5. The summed E-state index contributed by atoms with van der Waals surface area (Å²) < 4.78 is 159. The van der Waals surface area contributed by atoms with Gasteiger partial charge in [0.1, 0.15) is 14.7 Å². The Morgan fingerprint density at radius 2 is 0.735 bits per heavy atom. The summed E-state index contributed by atoms with van der Waals surface area (Å²) in [6, 6.07) is 32.0. The number of hydrogen-bond donors (Lipinski definition) is 5. The molecule has 15 nitrogen and oxygen atoms in total. The van der Waals surface area contributed by atoms with Gasteiger partial charge in [-0.15, -0.1) is 0 Å². The average Bonchev–Trinajstić information content (AvgIpc) is 3.19. The number of rotatable bonds is 5. The minimum absolute atomic E-state index is 0.00806. The minimum atomic E-state index is -4.52. The summed E-state index contributed by atoms with van der Waals surface area (Å²) in [5, 5.41) is 5.16. The second kappa shape index (κ2) is 19.8. The van der Waals surface area contributed by atoms with E-state index in [0.29, 0.717) is 27.3 Å². The summed E-state index contributed by atoms with van der Waals surface area (Å²) in [5.41, 5.74) is 6.03. The van der Waals surface area contributed by atoms with Crippen molar-refractivity contribution in [3.8, 4) is 0 Å². The van der Waals surface area contributed by atoms with Crippen LogP contribution in [-0.4, -0.2) is 64.9 Å². The molecule has 5 N–H and O–H groups in total. The van der Waals surface area contributed by atoms with E-state index in [1.807, 2.05) is 76.2 Å². The molecule has 0 bridgehead atoms. The van der Waals surface area contributed by atoms with Gasteiger partial charge in [-0.1, -0.05) is 96.1 Å². The lowest BCUT2D eigenvalue weighted by Crippen LogP contribution is -2.04. The second-order valence-corrected chi connectivity index (χ2v) is 23.2. The maximum atomic E-state index is 11.5. The first-order valence-electron chi connectivity index (χ1n) is 20.1. The molecule has 0 aromatic heterocycles. The summed E-state index contributed by atoms with van der Waals surface area (Å²) in [6.07, 6.45) is 0. The van der Waals surface area contributed by atoms with E-state index < -0.39 is 55.5 Å². The smallest absolute Gasteiger partial charge is 0.282 e.